The van der Waals surface area contributed by atoms with Crippen LogP contribution in [0.3, 0.4) is 0 Å². The fourth-order valence-electron chi connectivity index (χ4n) is 1.15. The van der Waals surface area contributed by atoms with Crippen molar-refractivity contribution >= 4 is 0 Å². The minimum Gasteiger partial charge on any atom is -0.493 e. The van der Waals surface area contributed by atoms with Crippen molar-refractivity contribution in [2.75, 3.05) is 6.61 Å². The van der Waals surface area contributed by atoms with Crippen LogP contribution in [0.15, 0.2) is 24.3 Å². The van der Waals surface area contributed by atoms with Crippen molar-refractivity contribution in [1.82, 2.24) is 0 Å². The van der Waals surface area contributed by atoms with Crippen LogP contribution in [0.4, 0.5) is 13.2 Å². The van der Waals surface area contributed by atoms with Crippen LogP contribution in [-0.2, 0) is 0 Å². The number of rotatable bonds is 4. The number of benzene rings is 1. The van der Waals surface area contributed by atoms with Gasteiger partial charge in [-0.2, -0.15) is 13.2 Å². The van der Waals surface area contributed by atoms with E-state index in [4.69, 9.17) is 10.5 Å². The van der Waals surface area contributed by atoms with Gasteiger partial charge in [-0.1, -0.05) is 12.1 Å². The van der Waals surface area contributed by atoms with Gasteiger partial charge in [0.1, 0.15) is 5.75 Å². The lowest BCUT2D eigenvalue weighted by Gasteiger charge is -2.10. The molecule has 0 heterocycles. The Bertz CT molecular complexity index is 319. The van der Waals surface area contributed by atoms with Gasteiger partial charge in [0.25, 0.3) is 0 Å². The quantitative estimate of drug-likeness (QED) is 0.867. The smallest absolute Gasteiger partial charge is 0.392 e. The first-order valence-corrected chi connectivity index (χ1v) is 4.93. The molecule has 1 aromatic rings. The molecule has 0 aliphatic rings. The lowest BCUT2D eigenvalue weighted by molar-refractivity contribution is -0.139. The van der Waals surface area contributed by atoms with Crippen LogP contribution in [0.5, 0.6) is 5.75 Å². The molecule has 1 rings (SSSR count). The van der Waals surface area contributed by atoms with Crippen molar-refractivity contribution in [3.05, 3.63) is 29.8 Å². The SMILES string of the molecule is C[C@@H](N)c1ccc(OCCC(F)(F)F)cc1. The molecule has 0 saturated heterocycles. The van der Waals surface area contributed by atoms with E-state index in [0.29, 0.717) is 5.75 Å². The van der Waals surface area contributed by atoms with Gasteiger partial charge in [-0.15, -0.1) is 0 Å². The molecule has 2 N–H and O–H groups in total. The maximum atomic E-state index is 11.8. The maximum absolute atomic E-state index is 11.8. The molecule has 1 aromatic carbocycles. The van der Waals surface area contributed by atoms with E-state index in [0.717, 1.165) is 5.56 Å². The highest BCUT2D eigenvalue weighted by atomic mass is 19.4. The summed E-state index contributed by atoms with van der Waals surface area (Å²) in [5.74, 6) is 0.425. The minimum absolute atomic E-state index is 0.0933. The Morgan fingerprint density at radius 2 is 1.81 bits per heavy atom. The van der Waals surface area contributed by atoms with Crippen LogP contribution in [0.25, 0.3) is 0 Å². The number of hydrogen-bond acceptors (Lipinski definition) is 2. The van der Waals surface area contributed by atoms with Gasteiger partial charge in [0.15, 0.2) is 0 Å². The molecule has 0 aliphatic carbocycles. The molecule has 0 aliphatic heterocycles. The van der Waals surface area contributed by atoms with E-state index in [2.05, 4.69) is 0 Å². The Balaban J connectivity index is 2.44. The first-order valence-electron chi connectivity index (χ1n) is 4.93. The van der Waals surface area contributed by atoms with Crippen LogP contribution in [0.1, 0.15) is 24.9 Å². The normalized spacial score (nSPS) is 13.6. The van der Waals surface area contributed by atoms with E-state index in [1.54, 1.807) is 24.3 Å². The maximum Gasteiger partial charge on any atom is 0.392 e. The Labute approximate surface area is 92.2 Å². The first-order chi connectivity index (χ1) is 7.38. The van der Waals surface area contributed by atoms with Gasteiger partial charge in [-0.25, -0.2) is 0 Å². The van der Waals surface area contributed by atoms with Crippen molar-refractivity contribution in [1.29, 1.82) is 0 Å². The predicted molar refractivity (Wildman–Crippen MR) is 55.2 cm³/mol. The van der Waals surface area contributed by atoms with E-state index in [-0.39, 0.29) is 12.6 Å². The van der Waals surface area contributed by atoms with Gasteiger partial charge in [0.05, 0.1) is 13.0 Å². The second-order valence-corrected chi connectivity index (χ2v) is 3.57. The third kappa shape index (κ3) is 4.53. The van der Waals surface area contributed by atoms with Gasteiger partial charge in [0.2, 0.25) is 0 Å². The molecule has 0 fully saturated rings. The molecule has 0 bridgehead atoms. The number of nitrogens with two attached hydrogens (primary N) is 1. The largest absolute Gasteiger partial charge is 0.493 e. The molecule has 0 spiro atoms. The molecular formula is C11H14F3NO. The molecule has 5 heteroatoms. The number of alkyl halides is 3. The molecule has 1 atom stereocenters. The molecule has 0 amide bonds. The molecule has 0 unspecified atom stereocenters. The Morgan fingerprint density at radius 3 is 2.25 bits per heavy atom. The van der Waals surface area contributed by atoms with Crippen molar-refractivity contribution in [3.8, 4) is 5.75 Å². The summed E-state index contributed by atoms with van der Waals surface area (Å²) >= 11 is 0. The summed E-state index contributed by atoms with van der Waals surface area (Å²) in [7, 11) is 0. The summed E-state index contributed by atoms with van der Waals surface area (Å²) in [6, 6.07) is 6.63. The molecule has 0 radical (unpaired) electrons. The summed E-state index contributed by atoms with van der Waals surface area (Å²) in [5.41, 5.74) is 6.55. The lowest BCUT2D eigenvalue weighted by atomic mass is 10.1. The van der Waals surface area contributed by atoms with Gasteiger partial charge in [-0.3, -0.25) is 0 Å². The summed E-state index contributed by atoms with van der Waals surface area (Å²) in [5, 5.41) is 0. The van der Waals surface area contributed by atoms with Crippen molar-refractivity contribution in [2.24, 2.45) is 5.73 Å². The third-order valence-electron chi connectivity index (χ3n) is 2.06. The zero-order valence-corrected chi connectivity index (χ0v) is 8.92. The van der Waals surface area contributed by atoms with Crippen LogP contribution in [-0.4, -0.2) is 12.8 Å². The Kier molecular flexibility index (Phi) is 4.18. The molecule has 0 saturated carbocycles. The number of halogens is 3. The van der Waals surface area contributed by atoms with Crippen LogP contribution >= 0.6 is 0 Å². The van der Waals surface area contributed by atoms with Gasteiger partial charge < -0.3 is 10.5 Å². The van der Waals surface area contributed by atoms with E-state index >= 15 is 0 Å². The number of hydrogen-bond donors (Lipinski definition) is 1. The standard InChI is InChI=1S/C11H14F3NO/c1-8(15)9-2-4-10(5-3-9)16-7-6-11(12,13)14/h2-5,8H,6-7,15H2,1H3/t8-/m1/s1. The average Bonchev–Trinajstić information content (AvgIpc) is 2.16. The highest BCUT2D eigenvalue weighted by Crippen LogP contribution is 2.21. The summed E-state index contributed by atoms with van der Waals surface area (Å²) in [4.78, 5) is 0. The summed E-state index contributed by atoms with van der Waals surface area (Å²) < 4.78 is 40.5. The van der Waals surface area contributed by atoms with Crippen LogP contribution in [0.2, 0.25) is 0 Å². The highest BCUT2D eigenvalue weighted by molar-refractivity contribution is 5.28. The van der Waals surface area contributed by atoms with Crippen LogP contribution in [0, 0.1) is 0 Å². The van der Waals surface area contributed by atoms with Crippen molar-refractivity contribution in [2.45, 2.75) is 25.6 Å². The van der Waals surface area contributed by atoms with Gasteiger partial charge >= 0.3 is 6.18 Å². The summed E-state index contributed by atoms with van der Waals surface area (Å²) in [6.07, 6.45) is -5.12. The lowest BCUT2D eigenvalue weighted by Crippen LogP contribution is -2.13. The zero-order valence-electron chi connectivity index (χ0n) is 8.92. The third-order valence-corrected chi connectivity index (χ3v) is 2.06. The predicted octanol–water partition coefficient (Wildman–Crippen LogP) is 3.04. The fraction of sp³-hybridized carbons (Fsp3) is 0.455. The monoisotopic (exact) mass is 233 g/mol. The first kappa shape index (κ1) is 12.8. The van der Waals surface area contributed by atoms with Crippen molar-refractivity contribution in [3.63, 3.8) is 0 Å². The van der Waals surface area contributed by atoms with Crippen LogP contribution < -0.4 is 10.5 Å². The zero-order chi connectivity index (χ0) is 12.2. The highest BCUT2D eigenvalue weighted by Gasteiger charge is 2.26. The van der Waals surface area contributed by atoms with Crippen molar-refractivity contribution < 1.29 is 17.9 Å². The van der Waals surface area contributed by atoms with E-state index in [1.807, 2.05) is 6.92 Å². The molecule has 0 aromatic heterocycles. The second-order valence-electron chi connectivity index (χ2n) is 3.57. The summed E-state index contributed by atoms with van der Waals surface area (Å²) in [6.45, 7) is 1.47. The minimum atomic E-state index is -4.17. The molecular weight excluding hydrogens is 219 g/mol. The number of ether oxygens (including phenoxy) is 1. The van der Waals surface area contributed by atoms with E-state index in [9.17, 15) is 13.2 Å². The fourth-order valence-corrected chi connectivity index (χ4v) is 1.15. The molecule has 16 heavy (non-hydrogen) atoms. The average molecular weight is 233 g/mol. The molecule has 90 valence electrons. The van der Waals surface area contributed by atoms with E-state index in [1.165, 1.54) is 0 Å². The topological polar surface area (TPSA) is 35.2 Å². The molecule has 2 nitrogen and oxygen atoms in total. The second kappa shape index (κ2) is 5.21. The Morgan fingerprint density at radius 1 is 1.25 bits per heavy atom. The Hall–Kier alpha value is -1.23. The van der Waals surface area contributed by atoms with Gasteiger partial charge in [-0.05, 0) is 24.6 Å². The van der Waals surface area contributed by atoms with E-state index < -0.39 is 12.6 Å². The van der Waals surface area contributed by atoms with Gasteiger partial charge in [0, 0.05) is 6.04 Å².